The summed E-state index contributed by atoms with van der Waals surface area (Å²) in [4.78, 5) is 10.8. The summed E-state index contributed by atoms with van der Waals surface area (Å²) in [6, 6.07) is 17.3. The standard InChI is InChI=1S/C21H16ClN5O4S2/c22-17-7-8-18(32-17)33(30,31)26-20-19-15(10-23)5-2-6-16(19)27(25-20)12-14-4-1-3-13(9-14)11-24-21(28)29/h1-9,24H,11-12H2,(H,25,26)(H,28,29). The first-order valence-corrected chi connectivity index (χ1v) is 12.2. The van der Waals surface area contributed by atoms with Crippen LogP contribution in [-0.4, -0.2) is 29.4 Å². The maximum atomic E-state index is 12.9. The van der Waals surface area contributed by atoms with Crippen molar-refractivity contribution >= 4 is 55.8 Å². The van der Waals surface area contributed by atoms with Crippen molar-refractivity contribution in [3.63, 3.8) is 0 Å². The fraction of sp³-hybridized carbons (Fsp3) is 0.0952. The lowest BCUT2D eigenvalue weighted by atomic mass is 10.1. The van der Waals surface area contributed by atoms with E-state index in [0.29, 0.717) is 15.2 Å². The summed E-state index contributed by atoms with van der Waals surface area (Å²) < 4.78 is 30.1. The van der Waals surface area contributed by atoms with Gasteiger partial charge >= 0.3 is 6.09 Å². The first-order valence-electron chi connectivity index (χ1n) is 9.49. The van der Waals surface area contributed by atoms with Gasteiger partial charge < -0.3 is 10.4 Å². The highest BCUT2D eigenvalue weighted by molar-refractivity contribution is 7.94. The molecule has 0 atom stereocenters. The Morgan fingerprint density at radius 2 is 1.94 bits per heavy atom. The van der Waals surface area contributed by atoms with Crippen LogP contribution >= 0.6 is 22.9 Å². The third-order valence-electron chi connectivity index (χ3n) is 4.71. The van der Waals surface area contributed by atoms with Crippen LogP contribution < -0.4 is 10.0 Å². The van der Waals surface area contributed by atoms with Gasteiger partial charge in [-0.25, -0.2) is 13.2 Å². The molecule has 2 heterocycles. The van der Waals surface area contributed by atoms with Crippen molar-refractivity contribution in [3.8, 4) is 6.07 Å². The fourth-order valence-corrected chi connectivity index (χ4v) is 5.81. The van der Waals surface area contributed by atoms with E-state index in [1.807, 2.05) is 12.1 Å². The number of carboxylic acid groups (broad SMARTS) is 1. The van der Waals surface area contributed by atoms with E-state index >= 15 is 0 Å². The van der Waals surface area contributed by atoms with E-state index < -0.39 is 16.1 Å². The van der Waals surface area contributed by atoms with E-state index in [0.717, 1.165) is 22.5 Å². The van der Waals surface area contributed by atoms with Crippen LogP contribution in [0.2, 0.25) is 4.34 Å². The summed E-state index contributed by atoms with van der Waals surface area (Å²) in [5.74, 6) is 0.0374. The van der Waals surface area contributed by atoms with Gasteiger partial charge in [0, 0.05) is 6.54 Å². The maximum absolute atomic E-state index is 12.9. The second-order valence-corrected chi connectivity index (χ2v) is 10.6. The number of fused-ring (bicyclic) bond motifs is 1. The number of rotatable bonds is 7. The van der Waals surface area contributed by atoms with Gasteiger partial charge in [0.05, 0.1) is 33.4 Å². The highest BCUT2D eigenvalue weighted by atomic mass is 35.5. The number of carbonyl (C=O) groups is 1. The number of nitrogens with one attached hydrogen (secondary N) is 2. The molecule has 1 amide bonds. The van der Waals surface area contributed by atoms with Crippen LogP contribution in [0.15, 0.2) is 58.8 Å². The molecule has 9 nitrogen and oxygen atoms in total. The Bertz CT molecular complexity index is 1500. The number of nitriles is 1. The highest BCUT2D eigenvalue weighted by Crippen LogP contribution is 2.31. The Labute approximate surface area is 197 Å². The molecule has 0 spiro atoms. The molecule has 4 aromatic rings. The monoisotopic (exact) mass is 501 g/mol. The predicted molar refractivity (Wildman–Crippen MR) is 125 cm³/mol. The van der Waals surface area contributed by atoms with Gasteiger partial charge in [-0.1, -0.05) is 41.9 Å². The Balaban J connectivity index is 1.73. The summed E-state index contributed by atoms with van der Waals surface area (Å²) in [6.45, 7) is 0.425. The number of amides is 1. The normalized spacial score (nSPS) is 11.3. The van der Waals surface area contributed by atoms with Crippen molar-refractivity contribution in [3.05, 3.63) is 75.6 Å². The molecule has 0 aliphatic heterocycles. The lowest BCUT2D eigenvalue weighted by molar-refractivity contribution is 0.194. The smallest absolute Gasteiger partial charge is 0.404 e. The minimum Gasteiger partial charge on any atom is -0.465 e. The molecule has 0 aliphatic carbocycles. The Morgan fingerprint density at radius 1 is 1.18 bits per heavy atom. The number of halogens is 1. The van der Waals surface area contributed by atoms with Gasteiger partial charge in [0.15, 0.2) is 5.82 Å². The average Bonchev–Trinajstić information content (AvgIpc) is 3.37. The summed E-state index contributed by atoms with van der Waals surface area (Å²) >= 11 is 6.80. The highest BCUT2D eigenvalue weighted by Gasteiger charge is 2.22. The third-order valence-corrected chi connectivity index (χ3v) is 7.77. The molecule has 0 bridgehead atoms. The van der Waals surface area contributed by atoms with Crippen molar-refractivity contribution in [1.29, 1.82) is 5.26 Å². The van der Waals surface area contributed by atoms with E-state index in [4.69, 9.17) is 16.7 Å². The molecular weight excluding hydrogens is 486 g/mol. The van der Waals surface area contributed by atoms with Gasteiger partial charge in [-0.15, -0.1) is 11.3 Å². The minimum absolute atomic E-state index is 0.0308. The second kappa shape index (κ2) is 9.11. The predicted octanol–water partition coefficient (Wildman–Crippen LogP) is 4.24. The number of aromatic nitrogens is 2. The van der Waals surface area contributed by atoms with Crippen LogP contribution in [0.1, 0.15) is 16.7 Å². The van der Waals surface area contributed by atoms with Crippen molar-refractivity contribution < 1.29 is 18.3 Å². The maximum Gasteiger partial charge on any atom is 0.404 e. The first kappa shape index (κ1) is 22.6. The minimum atomic E-state index is -3.96. The van der Waals surface area contributed by atoms with Crippen molar-refractivity contribution in [2.75, 3.05) is 4.72 Å². The number of thiophene rings is 1. The van der Waals surface area contributed by atoms with Crippen LogP contribution in [0.25, 0.3) is 10.9 Å². The first-order chi connectivity index (χ1) is 15.8. The molecule has 168 valence electrons. The number of hydrogen-bond acceptors (Lipinski definition) is 6. The molecule has 12 heteroatoms. The van der Waals surface area contributed by atoms with E-state index in [9.17, 15) is 18.5 Å². The summed E-state index contributed by atoms with van der Waals surface area (Å²) in [7, 11) is -3.96. The SMILES string of the molecule is N#Cc1cccc2c1c(NS(=O)(=O)c1ccc(Cl)s1)nn2Cc1cccc(CNC(=O)O)c1. The quantitative estimate of drug-likeness (QED) is 0.346. The van der Waals surface area contributed by atoms with Gasteiger partial charge in [-0.3, -0.25) is 9.40 Å². The third kappa shape index (κ3) is 4.93. The second-order valence-electron chi connectivity index (χ2n) is 6.96. The lowest BCUT2D eigenvalue weighted by Gasteiger charge is -2.07. The van der Waals surface area contributed by atoms with Gasteiger partial charge in [-0.05, 0) is 35.4 Å². The number of hydrogen-bond donors (Lipinski definition) is 3. The van der Waals surface area contributed by atoms with E-state index in [1.54, 1.807) is 35.0 Å². The number of benzene rings is 2. The van der Waals surface area contributed by atoms with Gasteiger partial charge in [0.25, 0.3) is 10.0 Å². The van der Waals surface area contributed by atoms with Crippen LogP contribution in [0, 0.1) is 11.3 Å². The molecule has 0 radical (unpaired) electrons. The molecule has 0 saturated carbocycles. The summed E-state index contributed by atoms with van der Waals surface area (Å²) in [6.07, 6.45) is -1.12. The molecule has 0 aliphatic rings. The molecule has 33 heavy (non-hydrogen) atoms. The van der Waals surface area contributed by atoms with Crippen molar-refractivity contribution in [2.24, 2.45) is 0 Å². The van der Waals surface area contributed by atoms with Gasteiger partial charge in [0.2, 0.25) is 0 Å². The van der Waals surface area contributed by atoms with Gasteiger partial charge in [0.1, 0.15) is 4.21 Å². The topological polar surface area (TPSA) is 137 Å². The van der Waals surface area contributed by atoms with Crippen LogP contribution in [0.5, 0.6) is 0 Å². The largest absolute Gasteiger partial charge is 0.465 e. The zero-order valence-corrected chi connectivity index (χ0v) is 19.2. The Kier molecular flexibility index (Phi) is 6.24. The van der Waals surface area contributed by atoms with E-state index in [2.05, 4.69) is 21.2 Å². The fourth-order valence-electron chi connectivity index (χ4n) is 3.32. The Morgan fingerprint density at radius 3 is 2.64 bits per heavy atom. The number of sulfonamides is 1. The molecule has 0 fully saturated rings. The van der Waals surface area contributed by atoms with Crippen LogP contribution in [0.3, 0.4) is 0 Å². The molecule has 3 N–H and O–H groups in total. The summed E-state index contributed by atoms with van der Waals surface area (Å²) in [5.41, 5.74) is 2.44. The van der Waals surface area contributed by atoms with Crippen molar-refractivity contribution in [2.45, 2.75) is 17.3 Å². The zero-order valence-electron chi connectivity index (χ0n) is 16.8. The zero-order chi connectivity index (χ0) is 23.6. The van der Waals surface area contributed by atoms with Gasteiger partial charge in [-0.2, -0.15) is 10.4 Å². The molecule has 0 unspecified atom stereocenters. The van der Waals surface area contributed by atoms with Crippen LogP contribution in [-0.2, 0) is 23.1 Å². The van der Waals surface area contributed by atoms with Crippen molar-refractivity contribution in [1.82, 2.24) is 15.1 Å². The molecule has 2 aromatic heterocycles. The summed E-state index contributed by atoms with van der Waals surface area (Å²) in [5, 5.41) is 25.5. The Hall–Kier alpha value is -3.59. The molecule has 2 aromatic carbocycles. The van der Waals surface area contributed by atoms with Crippen LogP contribution in [0.4, 0.5) is 10.6 Å². The average molecular weight is 502 g/mol. The van der Waals surface area contributed by atoms with E-state index in [-0.39, 0.29) is 28.7 Å². The molecular formula is C21H16ClN5O4S2. The van der Waals surface area contributed by atoms with E-state index in [1.165, 1.54) is 12.1 Å². The lowest BCUT2D eigenvalue weighted by Crippen LogP contribution is -2.20. The molecule has 4 rings (SSSR count). The number of anilines is 1. The molecule has 0 saturated heterocycles. The number of nitrogens with zero attached hydrogens (tertiary/aromatic N) is 3.